The molecule has 8 heavy (non-hydrogen) atoms. The molecule has 0 N–H and O–H groups in total. The van der Waals surface area contributed by atoms with Gasteiger partial charge in [-0.2, -0.15) is 0 Å². The fourth-order valence-corrected chi connectivity index (χ4v) is 1.48. The van der Waals surface area contributed by atoms with Crippen molar-refractivity contribution in [1.82, 2.24) is 0 Å². The molecular formula is C8H18. The maximum atomic E-state index is 2.38. The molecule has 0 aromatic carbocycles. The van der Waals surface area contributed by atoms with E-state index in [9.17, 15) is 0 Å². The molecule has 0 radical (unpaired) electrons. The second kappa shape index (κ2) is 3.11. The summed E-state index contributed by atoms with van der Waals surface area (Å²) in [6.45, 7) is 2.38. The zero-order valence-corrected chi connectivity index (χ0v) is 5.82. The lowest BCUT2D eigenvalue weighted by Crippen LogP contribution is -1.88. The largest absolute Gasteiger partial charge is 0.0625 e. The van der Waals surface area contributed by atoms with Crippen molar-refractivity contribution >= 4 is 0 Å². The first-order valence-electron chi connectivity index (χ1n) is 3.89. The second-order valence-corrected chi connectivity index (χ2v) is 3.10. The van der Waals surface area contributed by atoms with E-state index in [0.717, 1.165) is 5.92 Å². The Morgan fingerprint density at radius 1 is 1.00 bits per heavy atom. The quantitative estimate of drug-likeness (QED) is 0.424. The minimum Gasteiger partial charge on any atom is -0.0625 e. The van der Waals surface area contributed by atoms with E-state index in [1.165, 1.54) is 38.5 Å². The summed E-state index contributed by atoms with van der Waals surface area (Å²) >= 11 is 0. The first-order valence-corrected chi connectivity index (χ1v) is 3.89. The Labute approximate surface area is 53.8 Å². The van der Waals surface area contributed by atoms with Crippen molar-refractivity contribution in [3.05, 3.63) is 0 Å². The van der Waals surface area contributed by atoms with Crippen LogP contribution in [-0.2, 0) is 0 Å². The van der Waals surface area contributed by atoms with Crippen molar-refractivity contribution in [3.63, 3.8) is 0 Å². The molecule has 0 saturated heterocycles. The molecule has 0 atom stereocenters. The summed E-state index contributed by atoms with van der Waals surface area (Å²) < 4.78 is 0. The highest BCUT2D eigenvalue weighted by Crippen LogP contribution is 2.21. The van der Waals surface area contributed by atoms with Crippen LogP contribution in [0.15, 0.2) is 0 Å². The third-order valence-electron chi connectivity index (χ3n) is 2.14. The van der Waals surface area contributed by atoms with Crippen molar-refractivity contribution in [1.29, 1.82) is 0 Å². The van der Waals surface area contributed by atoms with E-state index >= 15 is 0 Å². The van der Waals surface area contributed by atoms with E-state index in [2.05, 4.69) is 6.92 Å². The summed E-state index contributed by atoms with van der Waals surface area (Å²) in [6.07, 6.45) is 8.93. The van der Waals surface area contributed by atoms with Crippen LogP contribution in [-0.4, -0.2) is 0 Å². The normalized spacial score (nSPS) is 25.1. The number of rotatable bonds is 0. The predicted octanol–water partition coefficient (Wildman–Crippen LogP) is 3.22. The molecule has 0 unspecified atom stereocenters. The van der Waals surface area contributed by atoms with Gasteiger partial charge in [0.25, 0.3) is 0 Å². The monoisotopic (exact) mass is 114 g/mol. The Bertz CT molecular complexity index is 53.6. The zero-order chi connectivity index (χ0) is 5.82. The molecule has 0 bridgehead atoms. The van der Waals surface area contributed by atoms with Crippen LogP contribution in [0.2, 0.25) is 0 Å². The van der Waals surface area contributed by atoms with Crippen molar-refractivity contribution < 1.29 is 1.43 Å². The SMILES string of the molecule is CC1CCCCCC1.[HH]. The average molecular weight is 114 g/mol. The smallest absolute Gasteiger partial charge is 0 e. The van der Waals surface area contributed by atoms with Crippen molar-refractivity contribution in [3.8, 4) is 0 Å². The molecule has 0 aliphatic heterocycles. The van der Waals surface area contributed by atoms with Crippen LogP contribution < -0.4 is 0 Å². The van der Waals surface area contributed by atoms with Crippen LogP contribution in [0, 0.1) is 5.92 Å². The van der Waals surface area contributed by atoms with E-state index in [1.54, 1.807) is 0 Å². The molecule has 0 heterocycles. The Balaban J connectivity index is 0.000000640. The summed E-state index contributed by atoms with van der Waals surface area (Å²) in [5, 5.41) is 0. The molecule has 0 aromatic rings. The molecule has 1 aliphatic rings. The van der Waals surface area contributed by atoms with Gasteiger partial charge in [-0.3, -0.25) is 0 Å². The number of hydrogen-bond donors (Lipinski definition) is 0. The molecule has 1 saturated carbocycles. The first-order chi connectivity index (χ1) is 3.89. The van der Waals surface area contributed by atoms with Gasteiger partial charge in [-0.25, -0.2) is 0 Å². The van der Waals surface area contributed by atoms with Crippen molar-refractivity contribution in [2.45, 2.75) is 45.4 Å². The standard InChI is InChI=1S/C8H16.H2/c1-8-6-4-2-3-5-7-8;/h8H,2-7H2,1H3;1H. The Hall–Kier alpha value is 0. The third-order valence-corrected chi connectivity index (χ3v) is 2.14. The van der Waals surface area contributed by atoms with Gasteiger partial charge in [-0.15, -0.1) is 0 Å². The summed E-state index contributed by atoms with van der Waals surface area (Å²) in [4.78, 5) is 0. The van der Waals surface area contributed by atoms with Crippen LogP contribution in [0.3, 0.4) is 0 Å². The van der Waals surface area contributed by atoms with E-state index < -0.39 is 0 Å². The lowest BCUT2D eigenvalue weighted by atomic mass is 10.0. The van der Waals surface area contributed by atoms with Crippen LogP contribution in [0.5, 0.6) is 0 Å². The maximum absolute atomic E-state index is 2.38. The van der Waals surface area contributed by atoms with Gasteiger partial charge in [0.2, 0.25) is 0 Å². The van der Waals surface area contributed by atoms with Gasteiger partial charge in [0, 0.05) is 1.43 Å². The fourth-order valence-electron chi connectivity index (χ4n) is 1.48. The first kappa shape index (κ1) is 6.12. The molecule has 0 amide bonds. The Kier molecular flexibility index (Phi) is 2.38. The van der Waals surface area contributed by atoms with Gasteiger partial charge in [0.15, 0.2) is 0 Å². The molecule has 0 spiro atoms. The minimum atomic E-state index is 0. The molecule has 1 fully saturated rings. The Morgan fingerprint density at radius 2 is 1.50 bits per heavy atom. The lowest BCUT2D eigenvalue weighted by Gasteiger charge is -2.02. The van der Waals surface area contributed by atoms with E-state index in [1.807, 2.05) is 0 Å². The van der Waals surface area contributed by atoms with E-state index in [-0.39, 0.29) is 1.43 Å². The molecule has 0 heteroatoms. The summed E-state index contributed by atoms with van der Waals surface area (Å²) in [6, 6.07) is 0. The topological polar surface area (TPSA) is 0 Å². The van der Waals surface area contributed by atoms with Crippen LogP contribution in [0.1, 0.15) is 46.9 Å². The number of hydrogen-bond acceptors (Lipinski definition) is 0. The molecule has 1 aliphatic carbocycles. The lowest BCUT2D eigenvalue weighted by molar-refractivity contribution is 0.505. The molecule has 1 rings (SSSR count). The van der Waals surface area contributed by atoms with Gasteiger partial charge in [-0.05, 0) is 5.92 Å². The van der Waals surface area contributed by atoms with Crippen LogP contribution in [0.4, 0.5) is 0 Å². The maximum Gasteiger partial charge on any atom is 0 e. The van der Waals surface area contributed by atoms with Crippen LogP contribution >= 0.6 is 0 Å². The third kappa shape index (κ3) is 1.85. The van der Waals surface area contributed by atoms with Gasteiger partial charge in [-0.1, -0.05) is 45.4 Å². The second-order valence-electron chi connectivity index (χ2n) is 3.10. The molecular weight excluding hydrogens is 96.1 g/mol. The van der Waals surface area contributed by atoms with Gasteiger partial charge in [0.1, 0.15) is 0 Å². The highest BCUT2D eigenvalue weighted by Gasteiger charge is 2.04. The van der Waals surface area contributed by atoms with Gasteiger partial charge in [0.05, 0.1) is 0 Å². The average Bonchev–Trinajstić information content (AvgIpc) is 1.94. The zero-order valence-electron chi connectivity index (χ0n) is 5.82. The Morgan fingerprint density at radius 3 is 2.00 bits per heavy atom. The summed E-state index contributed by atoms with van der Waals surface area (Å²) in [5.41, 5.74) is 0. The highest BCUT2D eigenvalue weighted by atomic mass is 14.1. The van der Waals surface area contributed by atoms with Crippen molar-refractivity contribution in [2.24, 2.45) is 5.92 Å². The van der Waals surface area contributed by atoms with Gasteiger partial charge >= 0.3 is 0 Å². The molecule has 50 valence electrons. The van der Waals surface area contributed by atoms with E-state index in [0.29, 0.717) is 0 Å². The molecule has 0 aromatic heterocycles. The molecule has 0 nitrogen and oxygen atoms in total. The predicted molar refractivity (Wildman–Crippen MR) is 39.0 cm³/mol. The fraction of sp³-hybridized carbons (Fsp3) is 1.00. The van der Waals surface area contributed by atoms with Gasteiger partial charge < -0.3 is 0 Å². The summed E-state index contributed by atoms with van der Waals surface area (Å²) in [5.74, 6) is 1.03. The summed E-state index contributed by atoms with van der Waals surface area (Å²) in [7, 11) is 0. The van der Waals surface area contributed by atoms with Crippen molar-refractivity contribution in [2.75, 3.05) is 0 Å². The van der Waals surface area contributed by atoms with Crippen LogP contribution in [0.25, 0.3) is 0 Å². The minimum absolute atomic E-state index is 0. The highest BCUT2D eigenvalue weighted by molar-refractivity contribution is 4.58. The van der Waals surface area contributed by atoms with E-state index in [4.69, 9.17) is 0 Å².